The van der Waals surface area contributed by atoms with Crippen LogP contribution in [0.25, 0.3) is 0 Å². The van der Waals surface area contributed by atoms with Crippen LogP contribution in [0.3, 0.4) is 0 Å². The Morgan fingerprint density at radius 1 is 1.41 bits per heavy atom. The van der Waals surface area contributed by atoms with Crippen molar-refractivity contribution in [1.29, 1.82) is 0 Å². The number of nitrogens with two attached hydrogens (primary N) is 1. The highest BCUT2D eigenvalue weighted by Crippen LogP contribution is 2.23. The maximum atomic E-state index is 11.1. The van der Waals surface area contributed by atoms with Gasteiger partial charge in [-0.05, 0) is 29.7 Å². The first-order chi connectivity index (χ1) is 8.01. The van der Waals surface area contributed by atoms with E-state index >= 15 is 0 Å². The van der Waals surface area contributed by atoms with Gasteiger partial charge in [-0.15, -0.1) is 0 Å². The van der Waals surface area contributed by atoms with E-state index in [1.165, 1.54) is 6.07 Å². The zero-order valence-electron chi connectivity index (χ0n) is 9.68. The molecule has 0 radical (unpaired) electrons. The first-order valence-corrected chi connectivity index (χ1v) is 5.43. The van der Waals surface area contributed by atoms with Crippen LogP contribution >= 0.6 is 0 Å². The maximum Gasteiger partial charge on any atom is 0.335 e. The molecule has 0 heterocycles. The lowest BCUT2D eigenvalue weighted by molar-refractivity contribution is 0.0691. The molecule has 0 aliphatic heterocycles. The molecule has 0 aromatic heterocycles. The maximum absolute atomic E-state index is 11.1. The minimum atomic E-state index is -1.06. The summed E-state index contributed by atoms with van der Waals surface area (Å²) in [6.07, 6.45) is -0.299. The molecular weight excluding hydrogens is 222 g/mol. The zero-order chi connectivity index (χ0) is 13.0. The van der Waals surface area contributed by atoms with Gasteiger partial charge in [-0.3, -0.25) is 0 Å². The van der Waals surface area contributed by atoms with Crippen LogP contribution in [0, 0.1) is 0 Å². The Hall–Kier alpha value is -1.59. The van der Waals surface area contributed by atoms with E-state index in [-0.39, 0.29) is 12.0 Å². The average Bonchev–Trinajstić information content (AvgIpc) is 2.28. The standard InChI is InChI=1S/C12H17NO4/c1-2-8-10(5-7(15)6-14)9(12(16)17)3-4-11(8)13/h3-4,7,14-15H,2,5-6,13H2,1H3,(H,16,17). The number of carboxylic acid groups (broad SMARTS) is 1. The highest BCUT2D eigenvalue weighted by Gasteiger charge is 2.18. The van der Waals surface area contributed by atoms with Gasteiger partial charge in [0.25, 0.3) is 0 Å². The lowest BCUT2D eigenvalue weighted by atomic mass is 9.93. The van der Waals surface area contributed by atoms with E-state index in [4.69, 9.17) is 15.9 Å². The van der Waals surface area contributed by atoms with Crippen molar-refractivity contribution in [3.05, 3.63) is 28.8 Å². The zero-order valence-corrected chi connectivity index (χ0v) is 9.68. The van der Waals surface area contributed by atoms with Gasteiger partial charge in [0.15, 0.2) is 0 Å². The number of aliphatic hydroxyl groups is 2. The number of aliphatic hydroxyl groups excluding tert-OH is 2. The molecule has 0 fully saturated rings. The van der Waals surface area contributed by atoms with E-state index in [9.17, 15) is 9.90 Å². The van der Waals surface area contributed by atoms with Gasteiger partial charge in [-0.25, -0.2) is 4.79 Å². The number of aromatic carboxylic acids is 1. The molecule has 0 saturated carbocycles. The fourth-order valence-corrected chi connectivity index (χ4v) is 1.86. The van der Waals surface area contributed by atoms with Gasteiger partial charge in [0, 0.05) is 12.1 Å². The number of anilines is 1. The second kappa shape index (κ2) is 5.65. The quantitative estimate of drug-likeness (QED) is 0.558. The molecule has 5 heteroatoms. The summed E-state index contributed by atoms with van der Waals surface area (Å²) in [5.74, 6) is -1.06. The van der Waals surface area contributed by atoms with Crippen molar-refractivity contribution in [2.45, 2.75) is 25.9 Å². The van der Waals surface area contributed by atoms with Gasteiger partial charge in [-0.2, -0.15) is 0 Å². The molecule has 1 aromatic carbocycles. The Kier molecular flexibility index (Phi) is 4.48. The van der Waals surface area contributed by atoms with E-state index in [0.29, 0.717) is 17.7 Å². The highest BCUT2D eigenvalue weighted by atomic mass is 16.4. The number of hydrogen-bond acceptors (Lipinski definition) is 4. The molecule has 5 nitrogen and oxygen atoms in total. The summed E-state index contributed by atoms with van der Waals surface area (Å²) in [5, 5.41) is 27.4. The third-order valence-corrected chi connectivity index (χ3v) is 2.70. The number of hydrogen-bond donors (Lipinski definition) is 4. The molecular formula is C12H17NO4. The van der Waals surface area contributed by atoms with Crippen LogP contribution < -0.4 is 5.73 Å². The lowest BCUT2D eigenvalue weighted by Crippen LogP contribution is -2.19. The summed E-state index contributed by atoms with van der Waals surface area (Å²) < 4.78 is 0. The third kappa shape index (κ3) is 2.95. The first-order valence-electron chi connectivity index (χ1n) is 5.43. The van der Waals surface area contributed by atoms with Crippen molar-refractivity contribution in [3.8, 4) is 0 Å². The number of nitrogen functional groups attached to an aromatic ring is 1. The average molecular weight is 239 g/mol. The van der Waals surface area contributed by atoms with Gasteiger partial charge in [0.05, 0.1) is 18.3 Å². The molecule has 94 valence electrons. The van der Waals surface area contributed by atoms with Gasteiger partial charge in [-0.1, -0.05) is 6.92 Å². The van der Waals surface area contributed by atoms with Gasteiger partial charge >= 0.3 is 5.97 Å². The Labute approximate surface area is 99.5 Å². The first kappa shape index (κ1) is 13.5. The van der Waals surface area contributed by atoms with E-state index in [1.54, 1.807) is 6.07 Å². The largest absolute Gasteiger partial charge is 0.478 e. The molecule has 1 unspecified atom stereocenters. The molecule has 0 aliphatic carbocycles. The molecule has 17 heavy (non-hydrogen) atoms. The molecule has 0 saturated heterocycles. The monoisotopic (exact) mass is 239 g/mol. The second-order valence-corrected chi connectivity index (χ2v) is 3.86. The molecule has 1 rings (SSSR count). The summed E-state index contributed by atoms with van der Waals surface area (Å²) in [6.45, 7) is 1.46. The molecule has 0 bridgehead atoms. The second-order valence-electron chi connectivity index (χ2n) is 3.86. The van der Waals surface area contributed by atoms with E-state index in [0.717, 1.165) is 5.56 Å². The number of benzene rings is 1. The van der Waals surface area contributed by atoms with Crippen LogP contribution in [-0.4, -0.2) is 34.0 Å². The smallest absolute Gasteiger partial charge is 0.335 e. The minimum absolute atomic E-state index is 0.0896. The van der Waals surface area contributed by atoms with E-state index in [1.807, 2.05) is 6.92 Å². The van der Waals surface area contributed by atoms with Crippen LogP contribution in [0.1, 0.15) is 28.4 Å². The molecule has 0 spiro atoms. The van der Waals surface area contributed by atoms with Crippen molar-refractivity contribution in [3.63, 3.8) is 0 Å². The minimum Gasteiger partial charge on any atom is -0.478 e. The van der Waals surface area contributed by atoms with Crippen molar-refractivity contribution in [2.75, 3.05) is 12.3 Å². The van der Waals surface area contributed by atoms with Crippen molar-refractivity contribution >= 4 is 11.7 Å². The SMILES string of the molecule is CCc1c(N)ccc(C(=O)O)c1CC(O)CO. The predicted octanol–water partition coefficient (Wildman–Crippen LogP) is 0.425. The van der Waals surface area contributed by atoms with Gasteiger partial charge in [0.1, 0.15) is 0 Å². The predicted molar refractivity (Wildman–Crippen MR) is 64.0 cm³/mol. The van der Waals surface area contributed by atoms with E-state index < -0.39 is 18.7 Å². The summed E-state index contributed by atoms with van der Waals surface area (Å²) in [7, 11) is 0. The highest BCUT2D eigenvalue weighted by molar-refractivity contribution is 5.90. The van der Waals surface area contributed by atoms with Gasteiger partial charge in [0.2, 0.25) is 0 Å². The van der Waals surface area contributed by atoms with Crippen molar-refractivity contribution < 1.29 is 20.1 Å². The number of rotatable bonds is 5. The molecule has 1 aromatic rings. The number of carbonyl (C=O) groups is 1. The van der Waals surface area contributed by atoms with Gasteiger partial charge < -0.3 is 21.1 Å². The Morgan fingerprint density at radius 2 is 2.06 bits per heavy atom. The van der Waals surface area contributed by atoms with Crippen LogP contribution in [0.2, 0.25) is 0 Å². The van der Waals surface area contributed by atoms with Crippen LogP contribution in [0.5, 0.6) is 0 Å². The Morgan fingerprint density at radius 3 is 2.53 bits per heavy atom. The van der Waals surface area contributed by atoms with Crippen molar-refractivity contribution in [2.24, 2.45) is 0 Å². The number of carboxylic acids is 1. The van der Waals surface area contributed by atoms with E-state index in [2.05, 4.69) is 0 Å². The molecule has 0 amide bonds. The normalized spacial score (nSPS) is 12.4. The van der Waals surface area contributed by atoms with Crippen LogP contribution in [0.15, 0.2) is 12.1 Å². The summed E-state index contributed by atoms with van der Waals surface area (Å²) in [4.78, 5) is 11.1. The third-order valence-electron chi connectivity index (χ3n) is 2.70. The summed E-state index contributed by atoms with van der Waals surface area (Å²) in [5.41, 5.74) is 7.64. The fraction of sp³-hybridized carbons (Fsp3) is 0.417. The lowest BCUT2D eigenvalue weighted by Gasteiger charge is -2.16. The molecule has 1 atom stereocenters. The van der Waals surface area contributed by atoms with Crippen LogP contribution in [-0.2, 0) is 12.8 Å². The fourth-order valence-electron chi connectivity index (χ4n) is 1.86. The summed E-state index contributed by atoms with van der Waals surface area (Å²) >= 11 is 0. The summed E-state index contributed by atoms with van der Waals surface area (Å²) in [6, 6.07) is 2.98. The Balaban J connectivity index is 3.28. The van der Waals surface area contributed by atoms with Crippen LogP contribution in [0.4, 0.5) is 5.69 Å². The Bertz CT molecular complexity index is 417. The molecule has 0 aliphatic rings. The van der Waals surface area contributed by atoms with Crippen molar-refractivity contribution in [1.82, 2.24) is 0 Å². The molecule has 5 N–H and O–H groups in total. The topological polar surface area (TPSA) is 104 Å².